The summed E-state index contributed by atoms with van der Waals surface area (Å²) in [6.45, 7) is 6.28. The van der Waals surface area contributed by atoms with Gasteiger partial charge in [0.1, 0.15) is 5.75 Å². The van der Waals surface area contributed by atoms with Gasteiger partial charge < -0.3 is 9.64 Å². The second-order valence-corrected chi connectivity index (χ2v) is 9.89. The third-order valence-electron chi connectivity index (χ3n) is 8.44. The topological polar surface area (TPSA) is 12.5 Å². The van der Waals surface area contributed by atoms with Gasteiger partial charge in [-0.1, -0.05) is 57.9 Å². The number of hydrogen-bond acceptors (Lipinski definition) is 2. The molecule has 1 heterocycles. The lowest BCUT2D eigenvalue weighted by molar-refractivity contribution is -0.0484. The molecule has 0 N–H and O–H groups in total. The molecule has 2 unspecified atom stereocenters. The van der Waals surface area contributed by atoms with Crippen LogP contribution in [-0.4, -0.2) is 31.6 Å². The van der Waals surface area contributed by atoms with Crippen LogP contribution in [0, 0.1) is 5.41 Å². The molecule has 2 nitrogen and oxygen atoms in total. The molecule has 1 saturated heterocycles. The highest BCUT2D eigenvalue weighted by atomic mass is 16.5. The SMILES string of the molecule is CCCCCCCCN1CCC23CCCCC2(CCc2ccc(OC)cc23)C1. The molecule has 1 aromatic carbocycles. The standard InChI is InChI=1S/C26H41NO/c1-3-4-5-6-7-10-18-27-19-17-26-15-9-8-14-25(26,21-27)16-13-22-11-12-23(28-2)20-24(22)26/h11-12,20H,3-10,13-19,21H2,1-2H3. The van der Waals surface area contributed by atoms with Crippen LogP contribution in [0.5, 0.6) is 5.75 Å². The molecule has 2 atom stereocenters. The number of rotatable bonds is 8. The van der Waals surface area contributed by atoms with Crippen molar-refractivity contribution in [3.8, 4) is 5.75 Å². The molecule has 2 heteroatoms. The Kier molecular flexibility index (Phi) is 6.35. The third kappa shape index (κ3) is 3.62. The van der Waals surface area contributed by atoms with E-state index >= 15 is 0 Å². The fourth-order valence-corrected chi connectivity index (χ4v) is 6.90. The van der Waals surface area contributed by atoms with Crippen LogP contribution in [0.15, 0.2) is 18.2 Å². The second kappa shape index (κ2) is 8.78. The molecule has 4 rings (SSSR count). The van der Waals surface area contributed by atoms with Crippen LogP contribution in [0.3, 0.4) is 0 Å². The van der Waals surface area contributed by atoms with E-state index in [0.29, 0.717) is 10.8 Å². The van der Waals surface area contributed by atoms with Gasteiger partial charge in [0, 0.05) is 12.0 Å². The van der Waals surface area contributed by atoms with Crippen molar-refractivity contribution in [2.75, 3.05) is 26.7 Å². The lowest BCUT2D eigenvalue weighted by Gasteiger charge is -2.62. The van der Waals surface area contributed by atoms with Crippen LogP contribution in [-0.2, 0) is 11.8 Å². The molecular weight excluding hydrogens is 342 g/mol. The van der Waals surface area contributed by atoms with E-state index in [-0.39, 0.29) is 0 Å². The maximum absolute atomic E-state index is 5.64. The van der Waals surface area contributed by atoms with E-state index in [1.165, 1.54) is 103 Å². The van der Waals surface area contributed by atoms with E-state index in [1.54, 1.807) is 11.1 Å². The summed E-state index contributed by atoms with van der Waals surface area (Å²) in [6.07, 6.45) is 18.2. The third-order valence-corrected chi connectivity index (χ3v) is 8.44. The van der Waals surface area contributed by atoms with E-state index in [4.69, 9.17) is 4.74 Å². The summed E-state index contributed by atoms with van der Waals surface area (Å²) in [5, 5.41) is 0. The number of aryl methyl sites for hydroxylation is 1. The number of hydrogen-bond donors (Lipinski definition) is 0. The molecule has 0 radical (unpaired) electrons. The average Bonchev–Trinajstić information content (AvgIpc) is 2.74. The largest absolute Gasteiger partial charge is 0.497 e. The first kappa shape index (κ1) is 20.3. The minimum atomic E-state index is 0.422. The number of benzene rings is 1. The zero-order valence-corrected chi connectivity index (χ0v) is 18.4. The van der Waals surface area contributed by atoms with Gasteiger partial charge in [-0.15, -0.1) is 0 Å². The zero-order chi connectivity index (χ0) is 19.5. The van der Waals surface area contributed by atoms with Crippen molar-refractivity contribution in [1.29, 1.82) is 0 Å². The molecule has 2 aliphatic carbocycles. The number of nitrogens with zero attached hydrogens (tertiary/aromatic N) is 1. The van der Waals surface area contributed by atoms with Crippen molar-refractivity contribution in [3.63, 3.8) is 0 Å². The predicted octanol–water partition coefficient (Wildman–Crippen LogP) is 6.51. The summed E-state index contributed by atoms with van der Waals surface area (Å²) in [4.78, 5) is 2.84. The van der Waals surface area contributed by atoms with E-state index in [0.717, 1.165) is 5.75 Å². The monoisotopic (exact) mass is 383 g/mol. The lowest BCUT2D eigenvalue weighted by Crippen LogP contribution is -2.61. The van der Waals surface area contributed by atoms with E-state index in [9.17, 15) is 0 Å². The van der Waals surface area contributed by atoms with Crippen molar-refractivity contribution in [1.82, 2.24) is 4.90 Å². The van der Waals surface area contributed by atoms with Crippen molar-refractivity contribution >= 4 is 0 Å². The molecule has 0 bridgehead atoms. The number of piperidine rings is 1. The molecule has 2 fully saturated rings. The Morgan fingerprint density at radius 1 is 0.964 bits per heavy atom. The Balaban J connectivity index is 1.48. The highest BCUT2D eigenvalue weighted by Gasteiger charge is 2.57. The Bertz CT molecular complexity index is 656. The quantitative estimate of drug-likeness (QED) is 0.475. The van der Waals surface area contributed by atoms with Crippen LogP contribution in [0.2, 0.25) is 0 Å². The smallest absolute Gasteiger partial charge is 0.119 e. The molecule has 0 aromatic heterocycles. The molecule has 0 spiro atoms. The van der Waals surface area contributed by atoms with Crippen LogP contribution in [0.25, 0.3) is 0 Å². The number of methoxy groups -OCH3 is 1. The summed E-state index contributed by atoms with van der Waals surface area (Å²) in [7, 11) is 1.82. The summed E-state index contributed by atoms with van der Waals surface area (Å²) >= 11 is 0. The number of ether oxygens (including phenoxy) is 1. The molecule has 156 valence electrons. The van der Waals surface area contributed by atoms with Gasteiger partial charge in [0.15, 0.2) is 0 Å². The van der Waals surface area contributed by atoms with Gasteiger partial charge in [-0.05, 0) is 80.3 Å². The molecular formula is C26H41NO. The maximum atomic E-state index is 5.64. The molecule has 28 heavy (non-hydrogen) atoms. The number of unbranched alkanes of at least 4 members (excludes halogenated alkanes) is 5. The van der Waals surface area contributed by atoms with E-state index in [1.807, 2.05) is 7.11 Å². The summed E-state index contributed by atoms with van der Waals surface area (Å²) in [5.41, 5.74) is 4.22. The van der Waals surface area contributed by atoms with Crippen molar-refractivity contribution < 1.29 is 4.74 Å². The van der Waals surface area contributed by atoms with Crippen LogP contribution in [0.1, 0.15) is 95.1 Å². The van der Waals surface area contributed by atoms with Crippen molar-refractivity contribution in [2.24, 2.45) is 5.41 Å². The van der Waals surface area contributed by atoms with Crippen LogP contribution < -0.4 is 4.74 Å². The van der Waals surface area contributed by atoms with Gasteiger partial charge in [0.05, 0.1) is 7.11 Å². The second-order valence-electron chi connectivity index (χ2n) is 9.89. The van der Waals surface area contributed by atoms with Crippen molar-refractivity contribution in [2.45, 2.75) is 95.8 Å². The van der Waals surface area contributed by atoms with Gasteiger partial charge >= 0.3 is 0 Å². The highest BCUT2D eigenvalue weighted by Crippen LogP contribution is 2.62. The molecule has 3 aliphatic rings. The Labute approximate surface area is 173 Å². The fraction of sp³-hybridized carbons (Fsp3) is 0.769. The fourth-order valence-electron chi connectivity index (χ4n) is 6.90. The first-order valence-electron chi connectivity index (χ1n) is 12.1. The minimum absolute atomic E-state index is 0.422. The molecule has 1 saturated carbocycles. The Morgan fingerprint density at radius 2 is 1.79 bits per heavy atom. The highest BCUT2D eigenvalue weighted by molar-refractivity contribution is 5.46. The van der Waals surface area contributed by atoms with E-state index < -0.39 is 0 Å². The lowest BCUT2D eigenvalue weighted by atomic mass is 9.46. The molecule has 1 aliphatic heterocycles. The van der Waals surface area contributed by atoms with Gasteiger partial charge in [0.25, 0.3) is 0 Å². The Hall–Kier alpha value is -1.02. The van der Waals surface area contributed by atoms with Crippen LogP contribution in [0.4, 0.5) is 0 Å². The summed E-state index contributed by atoms with van der Waals surface area (Å²) in [5.74, 6) is 1.06. The average molecular weight is 384 g/mol. The summed E-state index contributed by atoms with van der Waals surface area (Å²) in [6, 6.07) is 6.96. The first-order chi connectivity index (χ1) is 13.7. The van der Waals surface area contributed by atoms with Crippen molar-refractivity contribution in [3.05, 3.63) is 29.3 Å². The van der Waals surface area contributed by atoms with Gasteiger partial charge in [-0.2, -0.15) is 0 Å². The zero-order valence-electron chi connectivity index (χ0n) is 18.4. The van der Waals surface area contributed by atoms with Gasteiger partial charge in [-0.3, -0.25) is 0 Å². The van der Waals surface area contributed by atoms with Gasteiger partial charge in [0.2, 0.25) is 0 Å². The van der Waals surface area contributed by atoms with E-state index in [2.05, 4.69) is 30.0 Å². The normalized spacial score (nSPS) is 29.6. The maximum Gasteiger partial charge on any atom is 0.119 e. The Morgan fingerprint density at radius 3 is 2.64 bits per heavy atom. The first-order valence-corrected chi connectivity index (χ1v) is 12.1. The minimum Gasteiger partial charge on any atom is -0.497 e. The number of fused-ring (bicyclic) bond motifs is 1. The molecule has 1 aromatic rings. The van der Waals surface area contributed by atoms with Crippen LogP contribution >= 0.6 is 0 Å². The summed E-state index contributed by atoms with van der Waals surface area (Å²) < 4.78 is 5.64. The van der Waals surface area contributed by atoms with Gasteiger partial charge in [-0.25, -0.2) is 0 Å². The number of likely N-dealkylation sites (tertiary alicyclic amines) is 1. The molecule has 0 amide bonds. The predicted molar refractivity (Wildman–Crippen MR) is 118 cm³/mol.